The van der Waals surface area contributed by atoms with Crippen molar-refractivity contribution in [3.63, 3.8) is 0 Å². The Morgan fingerprint density at radius 1 is 1.17 bits per heavy atom. The van der Waals surface area contributed by atoms with Gasteiger partial charge in [-0.15, -0.1) is 0 Å². The number of aliphatic hydroxyl groups excluding tert-OH is 1. The molecule has 0 saturated carbocycles. The number of hydrogen-bond acceptors (Lipinski definition) is 4. The monoisotopic (exact) mass is 338 g/mol. The normalized spacial score (nSPS) is 25.5. The van der Waals surface area contributed by atoms with Gasteiger partial charge in [0.25, 0.3) is 5.91 Å². The number of benzene rings is 1. The van der Waals surface area contributed by atoms with E-state index in [1.54, 1.807) is 0 Å². The van der Waals surface area contributed by atoms with Gasteiger partial charge in [-0.1, -0.05) is 6.42 Å². The number of carbonyl (C=O) groups is 2. The second-order valence-electron chi connectivity index (χ2n) is 6.29. The van der Waals surface area contributed by atoms with Gasteiger partial charge in [0.15, 0.2) is 11.6 Å². The molecule has 1 aromatic rings. The summed E-state index contributed by atoms with van der Waals surface area (Å²) in [6.45, 7) is 0.725. The van der Waals surface area contributed by atoms with E-state index in [0.29, 0.717) is 13.0 Å². The number of carbonyl (C=O) groups excluding carboxylic acids is 2. The maximum absolute atomic E-state index is 13.4. The van der Waals surface area contributed by atoms with E-state index in [-0.39, 0.29) is 24.8 Å². The molecule has 2 aliphatic heterocycles. The zero-order valence-corrected chi connectivity index (χ0v) is 13.3. The average Bonchev–Trinajstić information content (AvgIpc) is 2.86. The Bertz CT molecular complexity index is 651. The van der Waals surface area contributed by atoms with Gasteiger partial charge in [-0.3, -0.25) is 14.5 Å². The third-order valence-corrected chi connectivity index (χ3v) is 4.82. The Kier molecular flexibility index (Phi) is 4.91. The molecular formula is C17H20F2N2O3. The Balaban J connectivity index is 1.84. The number of halogens is 2. The number of likely N-dealkylation sites (tertiary alicyclic amines) is 1. The predicted octanol–water partition coefficient (Wildman–Crippen LogP) is 1.83. The average molecular weight is 338 g/mol. The van der Waals surface area contributed by atoms with Crippen molar-refractivity contribution in [2.24, 2.45) is 0 Å². The van der Waals surface area contributed by atoms with Gasteiger partial charge >= 0.3 is 0 Å². The maximum Gasteiger partial charge on any atom is 0.251 e. The summed E-state index contributed by atoms with van der Waals surface area (Å²) < 4.78 is 26.5. The van der Waals surface area contributed by atoms with Crippen LogP contribution in [0.4, 0.5) is 14.5 Å². The minimum absolute atomic E-state index is 0.0275. The van der Waals surface area contributed by atoms with Crippen molar-refractivity contribution in [3.05, 3.63) is 29.8 Å². The highest BCUT2D eigenvalue weighted by Gasteiger charge is 2.45. The van der Waals surface area contributed by atoms with Crippen LogP contribution in [0.15, 0.2) is 18.2 Å². The lowest BCUT2D eigenvalue weighted by Gasteiger charge is -2.38. The van der Waals surface area contributed by atoms with Gasteiger partial charge in [0.2, 0.25) is 5.91 Å². The van der Waals surface area contributed by atoms with Crippen molar-refractivity contribution in [2.75, 3.05) is 18.1 Å². The summed E-state index contributed by atoms with van der Waals surface area (Å²) in [5.41, 5.74) is 0.0575. The summed E-state index contributed by atoms with van der Waals surface area (Å²) in [4.78, 5) is 28.0. The molecule has 0 aromatic heterocycles. The van der Waals surface area contributed by atoms with Crippen LogP contribution in [-0.2, 0) is 9.59 Å². The molecule has 2 saturated heterocycles. The van der Waals surface area contributed by atoms with Gasteiger partial charge < -0.3 is 5.11 Å². The van der Waals surface area contributed by atoms with Crippen molar-refractivity contribution < 1.29 is 23.5 Å². The Morgan fingerprint density at radius 2 is 1.96 bits per heavy atom. The van der Waals surface area contributed by atoms with E-state index in [1.165, 1.54) is 6.07 Å². The Hall–Kier alpha value is -1.86. The topological polar surface area (TPSA) is 60.9 Å². The molecule has 5 nitrogen and oxygen atoms in total. The minimum atomic E-state index is -1.09. The van der Waals surface area contributed by atoms with Crippen LogP contribution >= 0.6 is 0 Å². The van der Waals surface area contributed by atoms with Crippen molar-refractivity contribution in [1.29, 1.82) is 0 Å². The van der Waals surface area contributed by atoms with Crippen molar-refractivity contribution in [2.45, 2.75) is 44.2 Å². The molecule has 1 aromatic carbocycles. The largest absolute Gasteiger partial charge is 0.396 e. The molecule has 0 unspecified atom stereocenters. The highest BCUT2D eigenvalue weighted by Crippen LogP contribution is 2.31. The lowest BCUT2D eigenvalue weighted by Crippen LogP contribution is -2.50. The third kappa shape index (κ3) is 3.06. The van der Waals surface area contributed by atoms with E-state index in [9.17, 15) is 23.5 Å². The molecule has 0 aliphatic carbocycles. The van der Waals surface area contributed by atoms with Crippen LogP contribution in [0.25, 0.3) is 0 Å². The summed E-state index contributed by atoms with van der Waals surface area (Å²) in [6, 6.07) is 2.49. The number of piperidine rings is 1. The van der Waals surface area contributed by atoms with Gasteiger partial charge in [0, 0.05) is 18.7 Å². The van der Waals surface area contributed by atoms with Gasteiger partial charge in [-0.05, 0) is 37.9 Å². The first-order valence-electron chi connectivity index (χ1n) is 8.21. The van der Waals surface area contributed by atoms with E-state index < -0.39 is 29.5 Å². The maximum atomic E-state index is 13.4. The number of rotatable bonds is 4. The second-order valence-corrected chi connectivity index (χ2v) is 6.29. The van der Waals surface area contributed by atoms with Gasteiger partial charge in [0.05, 0.1) is 18.2 Å². The first-order chi connectivity index (χ1) is 11.5. The van der Waals surface area contributed by atoms with E-state index in [1.807, 2.05) is 4.90 Å². The molecule has 0 spiro atoms. The lowest BCUT2D eigenvalue weighted by molar-refractivity contribution is -0.123. The number of aliphatic hydroxyl groups is 1. The second kappa shape index (κ2) is 6.94. The van der Waals surface area contributed by atoms with E-state index in [2.05, 4.69) is 0 Å². The smallest absolute Gasteiger partial charge is 0.251 e. The molecule has 2 fully saturated rings. The van der Waals surface area contributed by atoms with Crippen molar-refractivity contribution in [1.82, 2.24) is 4.90 Å². The quantitative estimate of drug-likeness (QED) is 0.851. The van der Waals surface area contributed by atoms with E-state index in [0.717, 1.165) is 36.3 Å². The molecule has 24 heavy (non-hydrogen) atoms. The zero-order valence-electron chi connectivity index (χ0n) is 13.3. The van der Waals surface area contributed by atoms with Crippen LogP contribution in [-0.4, -0.2) is 47.1 Å². The fourth-order valence-electron chi connectivity index (χ4n) is 3.66. The predicted molar refractivity (Wildman–Crippen MR) is 83.3 cm³/mol. The minimum Gasteiger partial charge on any atom is -0.396 e. The highest BCUT2D eigenvalue weighted by molar-refractivity contribution is 6.22. The summed E-state index contributed by atoms with van der Waals surface area (Å²) >= 11 is 0. The number of anilines is 1. The standard InChI is InChI=1S/C17H20F2N2O3/c18-13-5-4-12(9-14(13)19)21-16(23)10-15(17(21)24)20-7-2-1-3-11(20)6-8-22/h4-5,9,11,15,22H,1-3,6-8,10H2/t11-,15+/m0/s1. The summed E-state index contributed by atoms with van der Waals surface area (Å²) in [6.07, 6.45) is 3.43. The molecule has 1 N–H and O–H groups in total. The Labute approximate surface area is 138 Å². The van der Waals surface area contributed by atoms with Gasteiger partial charge in [-0.25, -0.2) is 13.7 Å². The van der Waals surface area contributed by atoms with E-state index >= 15 is 0 Å². The Morgan fingerprint density at radius 3 is 2.67 bits per heavy atom. The van der Waals surface area contributed by atoms with Crippen molar-refractivity contribution in [3.8, 4) is 0 Å². The number of nitrogens with zero attached hydrogens (tertiary/aromatic N) is 2. The molecule has 2 amide bonds. The van der Waals surface area contributed by atoms with Crippen LogP contribution in [0.2, 0.25) is 0 Å². The first-order valence-corrected chi connectivity index (χ1v) is 8.21. The molecule has 2 heterocycles. The molecule has 0 radical (unpaired) electrons. The van der Waals surface area contributed by atoms with Crippen LogP contribution in [0.5, 0.6) is 0 Å². The van der Waals surface area contributed by atoms with Crippen LogP contribution in [0.3, 0.4) is 0 Å². The number of amides is 2. The van der Waals surface area contributed by atoms with Gasteiger partial charge in [-0.2, -0.15) is 0 Å². The fourth-order valence-corrected chi connectivity index (χ4v) is 3.66. The molecule has 3 rings (SSSR count). The van der Waals surface area contributed by atoms with Gasteiger partial charge in [0.1, 0.15) is 0 Å². The van der Waals surface area contributed by atoms with Crippen LogP contribution in [0.1, 0.15) is 32.1 Å². The lowest BCUT2D eigenvalue weighted by atomic mass is 9.97. The van der Waals surface area contributed by atoms with Crippen LogP contribution < -0.4 is 4.90 Å². The third-order valence-electron chi connectivity index (χ3n) is 4.82. The summed E-state index contributed by atoms with van der Waals surface area (Å²) in [5, 5.41) is 9.22. The molecule has 130 valence electrons. The van der Waals surface area contributed by atoms with Crippen molar-refractivity contribution >= 4 is 17.5 Å². The fraction of sp³-hybridized carbons (Fsp3) is 0.529. The first kappa shape index (κ1) is 17.0. The summed E-state index contributed by atoms with van der Waals surface area (Å²) in [5.74, 6) is -2.93. The number of hydrogen-bond donors (Lipinski definition) is 1. The molecule has 2 aliphatic rings. The zero-order chi connectivity index (χ0) is 17.3. The summed E-state index contributed by atoms with van der Waals surface area (Å²) in [7, 11) is 0. The molecular weight excluding hydrogens is 318 g/mol. The van der Waals surface area contributed by atoms with E-state index in [4.69, 9.17) is 0 Å². The molecule has 2 atom stereocenters. The van der Waals surface area contributed by atoms with Crippen LogP contribution in [0, 0.1) is 11.6 Å². The highest BCUT2D eigenvalue weighted by atomic mass is 19.2. The molecule has 7 heteroatoms. The molecule has 0 bridgehead atoms. The SMILES string of the molecule is O=C1C[C@@H](N2CCCC[C@H]2CCO)C(=O)N1c1ccc(F)c(F)c1. The number of imide groups is 1.